The average molecular weight is 211 g/mol. The van der Waals surface area contributed by atoms with E-state index < -0.39 is 6.36 Å². The second-order valence-electron chi connectivity index (χ2n) is 3.58. The van der Waals surface area contributed by atoms with Gasteiger partial charge in [-0.15, -0.1) is 13.2 Å². The molecule has 0 unspecified atom stereocenters. The first kappa shape index (κ1) is 11.8. The lowest BCUT2D eigenvalue weighted by molar-refractivity contribution is -0.323. The monoisotopic (exact) mass is 211 g/mol. The van der Waals surface area contributed by atoms with Crippen LogP contribution in [-0.4, -0.2) is 25.6 Å². The van der Waals surface area contributed by atoms with Crippen LogP contribution >= 0.6 is 0 Å². The second kappa shape index (κ2) is 5.56. The number of halogens is 3. The second-order valence-corrected chi connectivity index (χ2v) is 3.58. The molecule has 5 heteroatoms. The van der Waals surface area contributed by atoms with E-state index in [1.807, 2.05) is 0 Å². The summed E-state index contributed by atoms with van der Waals surface area (Å²) in [6, 6.07) is 0.389. The molecule has 0 aromatic rings. The summed E-state index contributed by atoms with van der Waals surface area (Å²) in [7, 11) is 0. The molecule has 1 N–H and O–H groups in total. The van der Waals surface area contributed by atoms with Gasteiger partial charge in [0.05, 0.1) is 6.61 Å². The Hall–Kier alpha value is -0.290. The van der Waals surface area contributed by atoms with Gasteiger partial charge in [-0.05, 0) is 12.8 Å². The SMILES string of the molecule is FC(F)(F)OCCNC1CCCCC1. The third-order valence-electron chi connectivity index (χ3n) is 2.41. The summed E-state index contributed by atoms with van der Waals surface area (Å²) in [6.45, 7) is -0.00975. The predicted octanol–water partition coefficient (Wildman–Crippen LogP) is 2.45. The van der Waals surface area contributed by atoms with Crippen molar-refractivity contribution in [3.8, 4) is 0 Å². The highest BCUT2D eigenvalue weighted by atomic mass is 19.4. The van der Waals surface area contributed by atoms with Gasteiger partial charge in [-0.3, -0.25) is 4.74 Å². The number of alkyl halides is 3. The highest BCUT2D eigenvalue weighted by Crippen LogP contribution is 2.18. The van der Waals surface area contributed by atoms with E-state index in [4.69, 9.17) is 0 Å². The predicted molar refractivity (Wildman–Crippen MR) is 46.9 cm³/mol. The summed E-state index contributed by atoms with van der Waals surface area (Å²) in [5.74, 6) is 0. The molecule has 1 fully saturated rings. The van der Waals surface area contributed by atoms with Crippen molar-refractivity contribution in [2.75, 3.05) is 13.2 Å². The molecule has 1 aliphatic carbocycles. The molecule has 14 heavy (non-hydrogen) atoms. The van der Waals surface area contributed by atoms with Gasteiger partial charge in [-0.2, -0.15) is 0 Å². The molecule has 0 atom stereocenters. The van der Waals surface area contributed by atoms with E-state index in [0.29, 0.717) is 6.04 Å². The van der Waals surface area contributed by atoms with Crippen LogP contribution in [0.25, 0.3) is 0 Å². The van der Waals surface area contributed by atoms with Gasteiger partial charge >= 0.3 is 6.36 Å². The zero-order valence-electron chi connectivity index (χ0n) is 8.07. The highest BCUT2D eigenvalue weighted by molar-refractivity contribution is 4.71. The number of rotatable bonds is 4. The van der Waals surface area contributed by atoms with Gasteiger partial charge in [-0.25, -0.2) is 0 Å². The van der Waals surface area contributed by atoms with Gasteiger partial charge < -0.3 is 5.32 Å². The molecule has 0 aliphatic heterocycles. The van der Waals surface area contributed by atoms with Crippen LogP contribution in [0.4, 0.5) is 13.2 Å². The molecule has 0 heterocycles. The number of nitrogens with one attached hydrogen (secondary N) is 1. The van der Waals surface area contributed by atoms with Crippen LogP contribution in [0, 0.1) is 0 Å². The van der Waals surface area contributed by atoms with E-state index >= 15 is 0 Å². The van der Waals surface area contributed by atoms with Gasteiger partial charge in [0.25, 0.3) is 0 Å². The lowest BCUT2D eigenvalue weighted by Gasteiger charge is -2.22. The van der Waals surface area contributed by atoms with Crippen molar-refractivity contribution in [3.05, 3.63) is 0 Å². The maximum atomic E-state index is 11.6. The smallest absolute Gasteiger partial charge is 0.312 e. The van der Waals surface area contributed by atoms with Crippen molar-refractivity contribution in [3.63, 3.8) is 0 Å². The van der Waals surface area contributed by atoms with Crippen LogP contribution in [0.1, 0.15) is 32.1 Å². The summed E-state index contributed by atoms with van der Waals surface area (Å²) in [5.41, 5.74) is 0. The Bertz CT molecular complexity index is 155. The first-order chi connectivity index (χ1) is 6.58. The standard InChI is InChI=1S/C9H16F3NO/c10-9(11,12)14-7-6-13-8-4-2-1-3-5-8/h8,13H,1-7H2. The van der Waals surface area contributed by atoms with Gasteiger partial charge in [-0.1, -0.05) is 19.3 Å². The maximum absolute atomic E-state index is 11.6. The van der Waals surface area contributed by atoms with Crippen molar-refractivity contribution in [2.24, 2.45) is 0 Å². The first-order valence-corrected chi connectivity index (χ1v) is 5.02. The normalized spacial score (nSPS) is 19.9. The summed E-state index contributed by atoms with van der Waals surface area (Å²) in [5, 5.41) is 3.07. The van der Waals surface area contributed by atoms with Crippen LogP contribution < -0.4 is 5.32 Å². The van der Waals surface area contributed by atoms with Gasteiger partial charge in [0.1, 0.15) is 0 Å². The minimum absolute atomic E-state index is 0.282. The van der Waals surface area contributed by atoms with Gasteiger partial charge in [0.2, 0.25) is 0 Å². The largest absolute Gasteiger partial charge is 0.522 e. The molecule has 0 aromatic carbocycles. The molecular formula is C9H16F3NO. The first-order valence-electron chi connectivity index (χ1n) is 5.02. The molecule has 0 radical (unpaired) electrons. The van der Waals surface area contributed by atoms with E-state index in [1.54, 1.807) is 0 Å². The summed E-state index contributed by atoms with van der Waals surface area (Å²) < 4.78 is 38.4. The lowest BCUT2D eigenvalue weighted by atomic mass is 9.96. The Kier molecular flexibility index (Phi) is 4.68. The summed E-state index contributed by atoms with van der Waals surface area (Å²) >= 11 is 0. The van der Waals surface area contributed by atoms with E-state index in [0.717, 1.165) is 12.8 Å². The van der Waals surface area contributed by atoms with Crippen molar-refractivity contribution in [1.29, 1.82) is 0 Å². The van der Waals surface area contributed by atoms with Crippen molar-refractivity contribution < 1.29 is 17.9 Å². The fourth-order valence-corrected chi connectivity index (χ4v) is 1.74. The molecular weight excluding hydrogens is 195 g/mol. The lowest BCUT2D eigenvalue weighted by Crippen LogP contribution is -2.34. The Morgan fingerprint density at radius 1 is 1.14 bits per heavy atom. The van der Waals surface area contributed by atoms with Crippen LogP contribution in [0.15, 0.2) is 0 Å². The highest BCUT2D eigenvalue weighted by Gasteiger charge is 2.28. The Morgan fingerprint density at radius 2 is 1.79 bits per heavy atom. The van der Waals surface area contributed by atoms with Crippen molar-refractivity contribution >= 4 is 0 Å². The van der Waals surface area contributed by atoms with Crippen molar-refractivity contribution in [2.45, 2.75) is 44.5 Å². The van der Waals surface area contributed by atoms with Crippen LogP contribution in [-0.2, 0) is 4.74 Å². The molecule has 2 nitrogen and oxygen atoms in total. The van der Waals surface area contributed by atoms with E-state index in [1.165, 1.54) is 19.3 Å². The Labute approximate surface area is 81.8 Å². The number of ether oxygens (including phenoxy) is 1. The van der Waals surface area contributed by atoms with Crippen LogP contribution in [0.5, 0.6) is 0 Å². The Balaban J connectivity index is 1.97. The summed E-state index contributed by atoms with van der Waals surface area (Å²) in [6.07, 6.45) is 1.26. The molecule has 0 amide bonds. The van der Waals surface area contributed by atoms with E-state index in [2.05, 4.69) is 10.1 Å². The number of hydrogen-bond donors (Lipinski definition) is 1. The topological polar surface area (TPSA) is 21.3 Å². The summed E-state index contributed by atoms with van der Waals surface area (Å²) in [4.78, 5) is 0. The molecule has 84 valence electrons. The molecule has 1 saturated carbocycles. The van der Waals surface area contributed by atoms with Gasteiger partial charge in [0, 0.05) is 12.6 Å². The minimum atomic E-state index is -4.49. The van der Waals surface area contributed by atoms with Gasteiger partial charge in [0.15, 0.2) is 0 Å². The van der Waals surface area contributed by atoms with Crippen LogP contribution in [0.3, 0.4) is 0 Å². The Morgan fingerprint density at radius 3 is 2.36 bits per heavy atom. The molecule has 0 aromatic heterocycles. The third-order valence-corrected chi connectivity index (χ3v) is 2.41. The molecule has 0 spiro atoms. The quantitative estimate of drug-likeness (QED) is 0.721. The van der Waals surface area contributed by atoms with Crippen molar-refractivity contribution in [1.82, 2.24) is 5.32 Å². The number of hydrogen-bond acceptors (Lipinski definition) is 2. The van der Waals surface area contributed by atoms with E-state index in [-0.39, 0.29) is 13.2 Å². The zero-order chi connectivity index (χ0) is 10.4. The molecule has 1 aliphatic rings. The minimum Gasteiger partial charge on any atom is -0.312 e. The third kappa shape index (κ3) is 5.44. The zero-order valence-corrected chi connectivity index (χ0v) is 8.07. The maximum Gasteiger partial charge on any atom is 0.522 e. The fraction of sp³-hybridized carbons (Fsp3) is 1.00. The molecule has 1 rings (SSSR count). The molecule has 0 saturated heterocycles. The molecule has 0 bridgehead atoms. The average Bonchev–Trinajstić information content (AvgIpc) is 2.13. The van der Waals surface area contributed by atoms with Crippen LogP contribution in [0.2, 0.25) is 0 Å². The van der Waals surface area contributed by atoms with E-state index in [9.17, 15) is 13.2 Å². The fourth-order valence-electron chi connectivity index (χ4n) is 1.74.